The van der Waals surface area contributed by atoms with E-state index in [2.05, 4.69) is 62.5 Å². The van der Waals surface area contributed by atoms with E-state index in [1.807, 2.05) is 0 Å². The minimum Gasteiger partial charge on any atom is -0.457 e. The predicted octanol–water partition coefficient (Wildman–Crippen LogP) is 14.4. The summed E-state index contributed by atoms with van der Waals surface area (Å²) in [4.78, 5) is 22.5. The van der Waals surface area contributed by atoms with Crippen LogP contribution in [0.2, 0.25) is 0 Å². The maximum absolute atomic E-state index is 12.6. The Kier molecular flexibility index (Phi) is 44.3. The van der Waals surface area contributed by atoms with Gasteiger partial charge in [-0.25, -0.2) is 4.57 Å². The van der Waals surface area contributed by atoms with Gasteiger partial charge in [-0.1, -0.05) is 178 Å². The molecule has 334 valence electrons. The van der Waals surface area contributed by atoms with Crippen LogP contribution in [-0.4, -0.2) is 49.9 Å². The van der Waals surface area contributed by atoms with Crippen LogP contribution >= 0.6 is 7.82 Å². The molecule has 0 aromatic carbocycles. The Hall–Kier alpha value is -1.54. The molecule has 0 aliphatic heterocycles. The van der Waals surface area contributed by atoms with Gasteiger partial charge in [-0.05, 0) is 77.0 Å². The molecule has 0 aromatic rings. The van der Waals surface area contributed by atoms with E-state index >= 15 is 0 Å². The summed E-state index contributed by atoms with van der Waals surface area (Å²) < 4.78 is 33.5. The first-order valence-electron chi connectivity index (χ1n) is 23.6. The number of carbonyl (C=O) groups is 1. The molecule has 0 rings (SSSR count). The number of hydrogen-bond acceptors (Lipinski definition) is 7. The highest BCUT2D eigenvalue weighted by atomic mass is 31.2. The van der Waals surface area contributed by atoms with Crippen molar-refractivity contribution in [2.24, 2.45) is 5.73 Å². The van der Waals surface area contributed by atoms with Crippen LogP contribution in [-0.2, 0) is 27.9 Å². The van der Waals surface area contributed by atoms with Gasteiger partial charge in [-0.2, -0.15) is 0 Å². The molecule has 0 aliphatic carbocycles. The van der Waals surface area contributed by atoms with E-state index in [0.717, 1.165) is 57.8 Å². The van der Waals surface area contributed by atoms with Gasteiger partial charge in [-0.15, -0.1) is 0 Å². The van der Waals surface area contributed by atoms with Crippen molar-refractivity contribution in [1.82, 2.24) is 0 Å². The molecule has 57 heavy (non-hydrogen) atoms. The first-order valence-corrected chi connectivity index (χ1v) is 25.1. The first kappa shape index (κ1) is 55.5. The summed E-state index contributed by atoms with van der Waals surface area (Å²) >= 11 is 0. The van der Waals surface area contributed by atoms with Crippen LogP contribution in [0.4, 0.5) is 0 Å². The van der Waals surface area contributed by atoms with E-state index in [0.29, 0.717) is 13.0 Å². The first-order chi connectivity index (χ1) is 27.9. The largest absolute Gasteiger partial charge is 0.472 e. The van der Waals surface area contributed by atoms with Crippen LogP contribution < -0.4 is 5.73 Å². The molecule has 0 saturated carbocycles. The number of carbonyl (C=O) groups excluding carboxylic acids is 1. The predicted molar refractivity (Wildman–Crippen MR) is 243 cm³/mol. The van der Waals surface area contributed by atoms with Gasteiger partial charge in [0, 0.05) is 19.6 Å². The lowest BCUT2D eigenvalue weighted by Crippen LogP contribution is -2.28. The van der Waals surface area contributed by atoms with Crippen LogP contribution in [0.1, 0.15) is 213 Å². The third-order valence-corrected chi connectivity index (χ3v) is 11.0. The highest BCUT2D eigenvalue weighted by Gasteiger charge is 2.25. The zero-order valence-electron chi connectivity index (χ0n) is 37.1. The standard InChI is InChI=1S/C48H90NO7P/c1-3-5-7-9-11-13-15-17-19-21-22-23-24-25-27-29-31-33-35-37-39-41-48(50)56-47(46-55-57(51,52)54-44-42-49)45-53-43-40-38-36-34-32-30-28-26-20-18-16-14-12-10-8-6-4-2/h14-17,20-22,26,47H,3-13,18-19,23-25,27-46,49H2,1-2H3,(H,51,52)/b16-14-,17-15-,22-21-,26-20-. The lowest BCUT2D eigenvalue weighted by Gasteiger charge is -2.20. The highest BCUT2D eigenvalue weighted by Crippen LogP contribution is 2.43. The molecule has 0 amide bonds. The Morgan fingerprint density at radius 1 is 0.526 bits per heavy atom. The normalized spacial score (nSPS) is 13.8. The zero-order chi connectivity index (χ0) is 41.6. The van der Waals surface area contributed by atoms with E-state index < -0.39 is 13.9 Å². The van der Waals surface area contributed by atoms with E-state index in [1.54, 1.807) is 0 Å². The molecule has 0 aromatic heterocycles. The summed E-state index contributed by atoms with van der Waals surface area (Å²) in [5, 5.41) is 0. The van der Waals surface area contributed by atoms with Crippen molar-refractivity contribution >= 4 is 13.8 Å². The van der Waals surface area contributed by atoms with Gasteiger partial charge in [0.1, 0.15) is 6.10 Å². The maximum Gasteiger partial charge on any atom is 0.472 e. The number of hydrogen-bond donors (Lipinski definition) is 2. The van der Waals surface area contributed by atoms with Gasteiger partial charge in [-0.3, -0.25) is 13.8 Å². The average molecular weight is 824 g/mol. The van der Waals surface area contributed by atoms with Gasteiger partial charge < -0.3 is 20.1 Å². The minimum absolute atomic E-state index is 0.0965. The number of ether oxygens (including phenoxy) is 2. The molecule has 8 nitrogen and oxygen atoms in total. The van der Waals surface area contributed by atoms with E-state index in [-0.39, 0.29) is 32.3 Å². The second-order valence-corrected chi connectivity index (χ2v) is 17.1. The topological polar surface area (TPSA) is 117 Å². The zero-order valence-corrected chi connectivity index (χ0v) is 38.0. The molecular formula is C48H90NO7P. The fourth-order valence-electron chi connectivity index (χ4n) is 6.47. The van der Waals surface area contributed by atoms with Crippen LogP contribution in [0.15, 0.2) is 48.6 Å². The lowest BCUT2D eigenvalue weighted by atomic mass is 10.1. The Labute approximate surface area is 351 Å². The summed E-state index contributed by atoms with van der Waals surface area (Å²) in [5.41, 5.74) is 5.38. The minimum atomic E-state index is -4.28. The summed E-state index contributed by atoms with van der Waals surface area (Å²) in [6.07, 6.45) is 54.1. The number of rotatable bonds is 45. The van der Waals surface area contributed by atoms with Crippen molar-refractivity contribution in [1.29, 1.82) is 0 Å². The number of phosphoric acid groups is 1. The van der Waals surface area contributed by atoms with Crippen molar-refractivity contribution in [3.05, 3.63) is 48.6 Å². The van der Waals surface area contributed by atoms with Gasteiger partial charge in [0.05, 0.1) is 19.8 Å². The van der Waals surface area contributed by atoms with Crippen LogP contribution in [0.25, 0.3) is 0 Å². The van der Waals surface area contributed by atoms with Gasteiger partial charge in [0.2, 0.25) is 0 Å². The Bertz CT molecular complexity index is 1010. The van der Waals surface area contributed by atoms with Gasteiger partial charge in [0.25, 0.3) is 0 Å². The number of nitrogens with two attached hydrogens (primary N) is 1. The SMILES string of the molecule is CCCCCC/C=C\C/C=C\CCCCCCCCOCC(COP(=O)(O)OCCN)OC(=O)CCCCCCCCCCC/C=C\C/C=C\CCCCCCC. The fraction of sp³-hybridized carbons (Fsp3) is 0.812. The molecule has 2 unspecified atom stereocenters. The summed E-state index contributed by atoms with van der Waals surface area (Å²) in [6.45, 7) is 4.88. The van der Waals surface area contributed by atoms with Crippen LogP contribution in [0.3, 0.4) is 0 Å². The third kappa shape index (κ3) is 45.4. The molecule has 0 radical (unpaired) electrons. The molecule has 9 heteroatoms. The average Bonchev–Trinajstić information content (AvgIpc) is 3.20. The van der Waals surface area contributed by atoms with Crippen molar-refractivity contribution in [2.75, 3.05) is 33.0 Å². The second kappa shape index (κ2) is 45.5. The quantitative estimate of drug-likeness (QED) is 0.0270. The monoisotopic (exact) mass is 824 g/mol. The number of unbranched alkanes of at least 4 members (excludes halogenated alkanes) is 24. The van der Waals surface area contributed by atoms with E-state index in [4.69, 9.17) is 24.3 Å². The van der Waals surface area contributed by atoms with Gasteiger partial charge >= 0.3 is 13.8 Å². The van der Waals surface area contributed by atoms with E-state index in [9.17, 15) is 14.3 Å². The van der Waals surface area contributed by atoms with E-state index in [1.165, 1.54) is 135 Å². The maximum atomic E-state index is 12.6. The Morgan fingerprint density at radius 2 is 0.930 bits per heavy atom. The van der Waals surface area contributed by atoms with Gasteiger partial charge in [0.15, 0.2) is 0 Å². The van der Waals surface area contributed by atoms with Crippen LogP contribution in [0, 0.1) is 0 Å². The lowest BCUT2D eigenvalue weighted by molar-refractivity contribution is -0.154. The van der Waals surface area contributed by atoms with Crippen molar-refractivity contribution in [3.8, 4) is 0 Å². The number of esters is 1. The molecule has 0 aliphatic rings. The molecule has 0 bridgehead atoms. The summed E-state index contributed by atoms with van der Waals surface area (Å²) in [5.74, 6) is -0.338. The van der Waals surface area contributed by atoms with Crippen LogP contribution in [0.5, 0.6) is 0 Å². The molecule has 0 heterocycles. The Morgan fingerprint density at radius 3 is 1.39 bits per heavy atom. The second-order valence-electron chi connectivity index (χ2n) is 15.6. The number of allylic oxidation sites excluding steroid dienone is 8. The molecule has 0 fully saturated rings. The molecule has 0 spiro atoms. The molecule has 0 saturated heterocycles. The molecule has 2 atom stereocenters. The summed E-state index contributed by atoms with van der Waals surface area (Å²) in [6, 6.07) is 0. The highest BCUT2D eigenvalue weighted by molar-refractivity contribution is 7.47. The fourth-order valence-corrected chi connectivity index (χ4v) is 7.23. The van der Waals surface area contributed by atoms with Crippen molar-refractivity contribution in [3.63, 3.8) is 0 Å². The van der Waals surface area contributed by atoms with Crippen molar-refractivity contribution in [2.45, 2.75) is 219 Å². The Balaban J connectivity index is 4.01. The molecule has 3 N–H and O–H groups in total. The smallest absolute Gasteiger partial charge is 0.457 e. The summed E-state index contributed by atoms with van der Waals surface area (Å²) in [7, 11) is -4.28. The molecular weight excluding hydrogens is 734 g/mol. The number of phosphoric ester groups is 1. The van der Waals surface area contributed by atoms with Crippen molar-refractivity contribution < 1.29 is 32.8 Å². The third-order valence-electron chi connectivity index (χ3n) is 9.97.